The first kappa shape index (κ1) is 28.8. The summed E-state index contributed by atoms with van der Waals surface area (Å²) >= 11 is 2.08. The fraction of sp³-hybridized carbons (Fsp3) is 0.143. The van der Waals surface area contributed by atoms with Crippen LogP contribution in [0.3, 0.4) is 0 Å². The van der Waals surface area contributed by atoms with E-state index in [4.69, 9.17) is 9.88 Å². The summed E-state index contributed by atoms with van der Waals surface area (Å²) in [5.74, 6) is -3.15. The van der Waals surface area contributed by atoms with Gasteiger partial charge in [-0.3, -0.25) is 19.2 Å². The molecule has 1 fully saturated rings. The lowest BCUT2D eigenvalue weighted by atomic mass is 9.83. The van der Waals surface area contributed by atoms with Gasteiger partial charge in [-0.05, 0) is 66.2 Å². The van der Waals surface area contributed by atoms with E-state index in [1.807, 2.05) is 0 Å². The van der Waals surface area contributed by atoms with Gasteiger partial charge in [0.25, 0.3) is 5.91 Å². The normalized spacial score (nSPS) is 19.6. The Morgan fingerprint density at radius 3 is 2.44 bits per heavy atom. The lowest BCUT2D eigenvalue weighted by Gasteiger charge is -2.30. The fourth-order valence-electron chi connectivity index (χ4n) is 5.09. The Hall–Kier alpha value is -4.31. The first-order valence-corrected chi connectivity index (χ1v) is 15.9. The predicted octanol–water partition coefficient (Wildman–Crippen LogP) is 3.04. The van der Waals surface area contributed by atoms with Crippen molar-refractivity contribution < 1.29 is 31.9 Å². The van der Waals surface area contributed by atoms with Crippen LogP contribution in [0, 0.1) is 11.7 Å². The Bertz CT molecular complexity index is 1920. The van der Waals surface area contributed by atoms with Crippen molar-refractivity contribution in [2.24, 2.45) is 11.1 Å². The first-order chi connectivity index (χ1) is 20.5. The number of carbonyl (C=O) groups excluding carboxylic acids is 3. The highest BCUT2D eigenvalue weighted by Gasteiger charge is 2.56. The maximum absolute atomic E-state index is 13.8. The van der Waals surface area contributed by atoms with Crippen LogP contribution in [0.15, 0.2) is 87.5 Å². The van der Waals surface area contributed by atoms with Crippen molar-refractivity contribution in [3.05, 3.63) is 98.7 Å². The monoisotopic (exact) mass is 640 g/mol. The predicted molar refractivity (Wildman–Crippen MR) is 157 cm³/mol. The maximum Gasteiger partial charge on any atom is 0.305 e. The minimum atomic E-state index is -3.87. The summed E-state index contributed by atoms with van der Waals surface area (Å²) in [6, 6.07) is 17.1. The summed E-state index contributed by atoms with van der Waals surface area (Å²) in [4.78, 5) is 56.1. The summed E-state index contributed by atoms with van der Waals surface area (Å²) in [6.45, 7) is -0.383. The lowest BCUT2D eigenvalue weighted by molar-refractivity contribution is -0.122. The van der Waals surface area contributed by atoms with Crippen LogP contribution in [0.5, 0.6) is 5.75 Å². The number of H-pyrrole nitrogens is 1. The molecule has 0 bridgehead atoms. The topological polar surface area (TPSA) is 169 Å². The molecule has 0 saturated carbocycles. The number of primary sulfonamides is 1. The standard InChI is InChI=1S/C28H21FN4O7S3/c29-15-4-8-17(9-5-15)33-26(35)22-21(23-25(32-28(37)42-23)41-24(22)27(33)36)14-2-1-3-18(12-14)40-13-20(34)31-16-6-10-19(11-7-16)43(30,38)39/h1-12,21-22,24H,13H2,(H,31,34)(H,32,37)(H2,30,38,39)/t21-,22?,24?/m1/s1. The van der Waals surface area contributed by atoms with Gasteiger partial charge in [0.1, 0.15) is 16.8 Å². The van der Waals surface area contributed by atoms with Crippen LogP contribution < -0.4 is 25.0 Å². The van der Waals surface area contributed by atoms with Crippen LogP contribution in [0.4, 0.5) is 15.8 Å². The second kappa shape index (κ2) is 11.1. The molecule has 43 heavy (non-hydrogen) atoms. The number of hydrogen-bond acceptors (Lipinski definition) is 9. The van der Waals surface area contributed by atoms with Crippen LogP contribution in [0.1, 0.15) is 16.4 Å². The average molecular weight is 641 g/mol. The van der Waals surface area contributed by atoms with E-state index < -0.39 is 50.6 Å². The number of sulfonamides is 1. The van der Waals surface area contributed by atoms with Crippen molar-refractivity contribution in [2.75, 3.05) is 16.8 Å². The zero-order valence-corrected chi connectivity index (χ0v) is 24.3. The average Bonchev–Trinajstić information content (AvgIpc) is 3.46. The third-order valence-electron chi connectivity index (χ3n) is 6.96. The molecular weight excluding hydrogens is 620 g/mol. The number of benzene rings is 3. The molecule has 2 aliphatic rings. The van der Waals surface area contributed by atoms with E-state index in [-0.39, 0.29) is 22.1 Å². The van der Waals surface area contributed by atoms with E-state index in [1.54, 1.807) is 24.3 Å². The summed E-state index contributed by atoms with van der Waals surface area (Å²) in [5, 5.41) is 7.37. The number of thiazole rings is 1. The highest BCUT2D eigenvalue weighted by Crippen LogP contribution is 2.53. The number of aromatic amines is 1. The van der Waals surface area contributed by atoms with Gasteiger partial charge >= 0.3 is 4.87 Å². The third kappa shape index (κ3) is 5.59. The number of rotatable bonds is 7. The lowest BCUT2D eigenvalue weighted by Crippen LogP contribution is -2.32. The third-order valence-corrected chi connectivity index (χ3v) is 10.3. The van der Waals surface area contributed by atoms with E-state index >= 15 is 0 Å². The van der Waals surface area contributed by atoms with E-state index in [1.165, 1.54) is 48.5 Å². The van der Waals surface area contributed by atoms with Crippen molar-refractivity contribution in [1.82, 2.24) is 4.98 Å². The van der Waals surface area contributed by atoms with Crippen LogP contribution in [-0.4, -0.2) is 43.0 Å². The highest BCUT2D eigenvalue weighted by atomic mass is 32.2. The second-order valence-corrected chi connectivity index (χ2v) is 13.4. The van der Waals surface area contributed by atoms with E-state index in [9.17, 15) is 32.0 Å². The molecule has 2 aliphatic heterocycles. The minimum Gasteiger partial charge on any atom is -0.484 e. The van der Waals surface area contributed by atoms with Gasteiger partial charge in [0.05, 0.1) is 21.5 Å². The van der Waals surface area contributed by atoms with Crippen molar-refractivity contribution in [2.45, 2.75) is 21.1 Å². The van der Waals surface area contributed by atoms with Crippen LogP contribution in [-0.2, 0) is 24.4 Å². The molecule has 0 radical (unpaired) electrons. The Morgan fingerprint density at radius 2 is 1.74 bits per heavy atom. The molecule has 1 saturated heterocycles. The quantitative estimate of drug-likeness (QED) is 0.259. The Morgan fingerprint density at radius 1 is 1.02 bits per heavy atom. The molecule has 3 heterocycles. The molecule has 0 aliphatic carbocycles. The number of ether oxygens (including phenoxy) is 1. The number of carbonyl (C=O) groups is 3. The van der Waals surface area contributed by atoms with E-state index in [2.05, 4.69) is 10.3 Å². The Labute approximate surface area is 251 Å². The van der Waals surface area contributed by atoms with E-state index in [0.29, 0.717) is 26.9 Å². The molecule has 3 amide bonds. The molecule has 3 atom stereocenters. The second-order valence-electron chi connectivity index (χ2n) is 9.72. The van der Waals surface area contributed by atoms with Gasteiger partial charge in [0, 0.05) is 16.5 Å². The van der Waals surface area contributed by atoms with Gasteiger partial charge in [-0.25, -0.2) is 22.8 Å². The van der Waals surface area contributed by atoms with Gasteiger partial charge < -0.3 is 15.0 Å². The molecule has 220 valence electrons. The molecule has 2 unspecified atom stereocenters. The van der Waals surface area contributed by atoms with Crippen LogP contribution in [0.2, 0.25) is 0 Å². The summed E-state index contributed by atoms with van der Waals surface area (Å²) < 4.78 is 42.1. The van der Waals surface area contributed by atoms with Gasteiger partial charge in [-0.2, -0.15) is 0 Å². The number of amides is 3. The number of aromatic nitrogens is 1. The first-order valence-electron chi connectivity index (χ1n) is 12.7. The van der Waals surface area contributed by atoms with Gasteiger partial charge in [0.15, 0.2) is 6.61 Å². The number of nitrogens with one attached hydrogen (secondary N) is 2. The number of fused-ring (bicyclic) bond motifs is 2. The number of nitrogens with two attached hydrogens (primary N) is 1. The summed E-state index contributed by atoms with van der Waals surface area (Å²) in [7, 11) is -3.87. The van der Waals surface area contributed by atoms with E-state index in [0.717, 1.165) is 28.0 Å². The SMILES string of the molecule is NS(=O)(=O)c1ccc(NC(=O)COc2cccc([C@H]3c4sc(=O)[nH]c4SC4C(=O)N(c5ccc(F)cc5)C(=O)C43)c2)cc1. The Kier molecular flexibility index (Phi) is 7.41. The van der Waals surface area contributed by atoms with Crippen molar-refractivity contribution in [3.8, 4) is 5.75 Å². The number of nitrogens with zero attached hydrogens (tertiary/aromatic N) is 1. The molecule has 6 rings (SSSR count). The van der Waals surface area contributed by atoms with Gasteiger partial charge in [-0.15, -0.1) is 0 Å². The zero-order valence-electron chi connectivity index (χ0n) is 21.9. The van der Waals surface area contributed by atoms with Gasteiger partial charge in [-0.1, -0.05) is 35.2 Å². The molecule has 3 aromatic carbocycles. The number of halogens is 1. The number of thioether (sulfide) groups is 1. The van der Waals surface area contributed by atoms with Crippen molar-refractivity contribution in [1.29, 1.82) is 0 Å². The van der Waals surface area contributed by atoms with Crippen LogP contribution >= 0.6 is 23.1 Å². The molecule has 0 spiro atoms. The molecule has 4 aromatic rings. The Balaban J connectivity index is 1.24. The van der Waals surface area contributed by atoms with Crippen LogP contribution in [0.25, 0.3) is 0 Å². The minimum absolute atomic E-state index is 0.0965. The smallest absolute Gasteiger partial charge is 0.305 e. The van der Waals surface area contributed by atoms with Crippen molar-refractivity contribution in [3.63, 3.8) is 0 Å². The zero-order chi connectivity index (χ0) is 30.5. The number of imide groups is 1. The van der Waals surface area contributed by atoms with Crippen molar-refractivity contribution >= 4 is 62.2 Å². The molecular formula is C28H21FN4O7S3. The largest absolute Gasteiger partial charge is 0.484 e. The molecule has 1 aromatic heterocycles. The maximum atomic E-state index is 13.8. The molecule has 15 heteroatoms. The highest BCUT2D eigenvalue weighted by molar-refractivity contribution is 8.00. The number of anilines is 2. The summed E-state index contributed by atoms with van der Waals surface area (Å²) in [6.07, 6.45) is 0. The fourth-order valence-corrected chi connectivity index (χ4v) is 8.12. The molecule has 4 N–H and O–H groups in total. The van der Waals surface area contributed by atoms with Gasteiger partial charge in [0.2, 0.25) is 21.8 Å². The number of hydrogen-bond donors (Lipinski definition) is 3. The molecule has 11 nitrogen and oxygen atoms in total. The summed E-state index contributed by atoms with van der Waals surface area (Å²) in [5.41, 5.74) is 1.19.